The molecule has 3 aromatic carbocycles. The molecule has 12 heteroatoms. The molecule has 3 N–H and O–H groups in total. The van der Waals surface area contributed by atoms with Gasteiger partial charge in [-0.3, -0.25) is 24.1 Å². The molecule has 0 atom stereocenters. The van der Waals surface area contributed by atoms with Crippen LogP contribution in [0.3, 0.4) is 0 Å². The highest BCUT2D eigenvalue weighted by Crippen LogP contribution is 2.31. The molecule has 0 amide bonds. The molecule has 0 unspecified atom stereocenters. The maximum atomic E-state index is 13.6. The van der Waals surface area contributed by atoms with E-state index in [4.69, 9.17) is 0 Å². The van der Waals surface area contributed by atoms with Gasteiger partial charge in [0.2, 0.25) is 0 Å². The first kappa shape index (κ1) is 35.4. The molecule has 0 aliphatic heterocycles. The van der Waals surface area contributed by atoms with Crippen LogP contribution in [0.1, 0.15) is 52.8 Å². The van der Waals surface area contributed by atoms with Crippen LogP contribution in [0.15, 0.2) is 93.6 Å². The van der Waals surface area contributed by atoms with Gasteiger partial charge in [0.05, 0.1) is 16.6 Å². The van der Waals surface area contributed by atoms with E-state index in [2.05, 4.69) is 21.0 Å². The minimum absolute atomic E-state index is 0.0512. The topological polar surface area (TPSA) is 121 Å². The molecule has 0 spiro atoms. The fraction of sp³-hybridized carbons (Fsp3) is 0.257. The summed E-state index contributed by atoms with van der Waals surface area (Å²) in [6.45, 7) is 11.7. The summed E-state index contributed by atoms with van der Waals surface area (Å²) < 4.78 is 28.5. The van der Waals surface area contributed by atoms with Crippen LogP contribution in [0, 0.1) is 39.3 Å². The summed E-state index contributed by atoms with van der Waals surface area (Å²) in [5.74, 6) is -1.43. The number of aryl methyl sites for hydroxylation is 4. The minimum Gasteiger partial charge on any atom is -0.301 e. The van der Waals surface area contributed by atoms with Crippen molar-refractivity contribution in [1.29, 1.82) is 0 Å². The molecule has 0 aliphatic carbocycles. The number of H-pyrrole nitrogens is 3. The predicted molar refractivity (Wildman–Crippen MR) is 183 cm³/mol. The molecule has 0 fully saturated rings. The van der Waals surface area contributed by atoms with E-state index in [-0.39, 0.29) is 12.1 Å². The molecule has 0 saturated heterocycles. The van der Waals surface area contributed by atoms with Crippen molar-refractivity contribution in [3.05, 3.63) is 147 Å². The third-order valence-electron chi connectivity index (χ3n) is 7.04. The third-order valence-corrected chi connectivity index (χ3v) is 9.20. The Hall–Kier alpha value is -4.42. The molecule has 2 heterocycles. The monoisotopic (exact) mass is 678 g/mol. The van der Waals surface area contributed by atoms with E-state index >= 15 is 0 Å². The third kappa shape index (κ3) is 9.32. The molecule has 246 valence electrons. The summed E-state index contributed by atoms with van der Waals surface area (Å²) in [7, 11) is 0. The van der Waals surface area contributed by atoms with Crippen molar-refractivity contribution in [2.24, 2.45) is 0 Å². The highest BCUT2D eigenvalue weighted by atomic mass is 32.2. The summed E-state index contributed by atoms with van der Waals surface area (Å²) >= 11 is 2.73. The van der Waals surface area contributed by atoms with Gasteiger partial charge in [-0.15, -0.1) is 0 Å². The van der Waals surface area contributed by atoms with Crippen LogP contribution in [-0.2, 0) is 19.4 Å². The quantitative estimate of drug-likeness (QED) is 0.159. The normalized spacial score (nSPS) is 10.9. The predicted octanol–water partition coefficient (Wildman–Crippen LogP) is 6.59. The molecule has 0 radical (unpaired) electrons. The van der Waals surface area contributed by atoms with Crippen LogP contribution in [-0.4, -0.2) is 19.5 Å². The number of aromatic nitrogens is 4. The van der Waals surface area contributed by atoms with E-state index in [1.807, 2.05) is 71.9 Å². The van der Waals surface area contributed by atoms with Crippen LogP contribution in [0.5, 0.6) is 0 Å². The van der Waals surface area contributed by atoms with Gasteiger partial charge >= 0.3 is 11.4 Å². The van der Waals surface area contributed by atoms with Crippen LogP contribution in [0.25, 0.3) is 0 Å². The number of hydrogen-bond donors (Lipinski definition) is 3. The fourth-order valence-electron chi connectivity index (χ4n) is 5.16. The van der Waals surface area contributed by atoms with E-state index in [0.29, 0.717) is 39.6 Å². The van der Waals surface area contributed by atoms with Crippen molar-refractivity contribution in [3.63, 3.8) is 0 Å². The molecule has 5 rings (SSSR count). The highest BCUT2D eigenvalue weighted by Gasteiger charge is 2.17. The average Bonchev–Trinajstić information content (AvgIpc) is 2.94. The fourth-order valence-corrected chi connectivity index (χ4v) is 7.72. The first-order valence-electron chi connectivity index (χ1n) is 14.9. The Kier molecular flexibility index (Phi) is 11.6. The van der Waals surface area contributed by atoms with Gasteiger partial charge in [-0.1, -0.05) is 49.5 Å². The van der Waals surface area contributed by atoms with Crippen molar-refractivity contribution in [2.75, 3.05) is 0 Å². The van der Waals surface area contributed by atoms with Crippen molar-refractivity contribution in [1.82, 2.24) is 19.5 Å². The van der Waals surface area contributed by atoms with Gasteiger partial charge in [0.15, 0.2) is 0 Å². The standard InChI is InChI=1S/C21H20F2N2O2S.C14H16N2O2S/c1-4-18-19(26)24-21(27)25(11-14-8-15(22)10-16(23)9-14)20(18)28-17-6-12(2)5-13(3)7-17;1-4-11-12(17)15-14(18)16-13(11)19-10-6-8(2)5-9(3)7-10/h5-10H,4,11H2,1-3H3,(H,24,26,27);5-7H,4H2,1-3H3,(H2,15,16,17,18). The largest absolute Gasteiger partial charge is 0.329 e. The molecule has 0 aliphatic rings. The summed E-state index contributed by atoms with van der Waals surface area (Å²) in [6.07, 6.45) is 1.000. The van der Waals surface area contributed by atoms with E-state index < -0.39 is 28.6 Å². The second-order valence-corrected chi connectivity index (χ2v) is 13.3. The van der Waals surface area contributed by atoms with Crippen molar-refractivity contribution >= 4 is 23.5 Å². The molecule has 2 aromatic heterocycles. The number of aromatic amines is 3. The Morgan fingerprint density at radius 3 is 1.62 bits per heavy atom. The zero-order valence-electron chi connectivity index (χ0n) is 27.0. The van der Waals surface area contributed by atoms with Crippen LogP contribution < -0.4 is 22.5 Å². The van der Waals surface area contributed by atoms with E-state index in [1.54, 1.807) is 0 Å². The number of benzene rings is 3. The summed E-state index contributed by atoms with van der Waals surface area (Å²) in [6, 6.07) is 15.3. The Bertz CT molecular complexity index is 2110. The molecule has 5 aromatic rings. The first-order chi connectivity index (χ1) is 22.3. The lowest BCUT2D eigenvalue weighted by molar-refractivity contribution is 0.571. The van der Waals surface area contributed by atoms with Gasteiger partial charge in [-0.05, 0) is 105 Å². The molecule has 0 bridgehead atoms. The Morgan fingerprint density at radius 2 is 1.11 bits per heavy atom. The van der Waals surface area contributed by atoms with E-state index in [0.717, 1.165) is 38.1 Å². The zero-order chi connectivity index (χ0) is 34.4. The summed E-state index contributed by atoms with van der Waals surface area (Å²) in [5, 5.41) is 1.10. The van der Waals surface area contributed by atoms with Crippen molar-refractivity contribution in [2.45, 2.75) is 80.8 Å². The Labute approximate surface area is 278 Å². The lowest BCUT2D eigenvalue weighted by Crippen LogP contribution is -2.34. The van der Waals surface area contributed by atoms with Crippen LogP contribution in [0.2, 0.25) is 0 Å². The SMILES string of the molecule is CCc1c(Sc2cc(C)cc(C)c2)[nH]c(=O)[nH]c1=O.CCc1c(Sc2cc(C)cc(C)c2)n(Cc2cc(F)cc(F)c2)c(=O)[nH]c1=O. The number of hydrogen-bond acceptors (Lipinski definition) is 6. The average molecular weight is 679 g/mol. The number of nitrogens with one attached hydrogen (secondary N) is 3. The van der Waals surface area contributed by atoms with Gasteiger partial charge in [0.25, 0.3) is 11.1 Å². The summed E-state index contributed by atoms with van der Waals surface area (Å²) in [4.78, 5) is 57.1. The van der Waals surface area contributed by atoms with Crippen molar-refractivity contribution in [3.8, 4) is 0 Å². The molecule has 47 heavy (non-hydrogen) atoms. The Morgan fingerprint density at radius 1 is 0.617 bits per heavy atom. The maximum Gasteiger partial charge on any atom is 0.329 e. The molecule has 8 nitrogen and oxygen atoms in total. The van der Waals surface area contributed by atoms with Gasteiger partial charge in [-0.2, -0.15) is 0 Å². The van der Waals surface area contributed by atoms with Gasteiger partial charge in [-0.25, -0.2) is 18.4 Å². The molecule has 0 saturated carbocycles. The van der Waals surface area contributed by atoms with Gasteiger partial charge in [0.1, 0.15) is 11.6 Å². The lowest BCUT2D eigenvalue weighted by Gasteiger charge is -2.16. The zero-order valence-corrected chi connectivity index (χ0v) is 28.6. The molecular formula is C35H36F2N4O4S2. The minimum atomic E-state index is -0.716. The number of halogens is 2. The van der Waals surface area contributed by atoms with Crippen molar-refractivity contribution < 1.29 is 8.78 Å². The lowest BCUT2D eigenvalue weighted by atomic mass is 10.2. The van der Waals surface area contributed by atoms with Gasteiger partial charge in [0, 0.05) is 27.0 Å². The van der Waals surface area contributed by atoms with E-state index in [1.165, 1.54) is 40.2 Å². The number of rotatable bonds is 8. The van der Waals surface area contributed by atoms with Crippen LogP contribution >= 0.6 is 23.5 Å². The molecular weight excluding hydrogens is 643 g/mol. The number of nitrogens with zero attached hydrogens (tertiary/aromatic N) is 1. The first-order valence-corrected chi connectivity index (χ1v) is 16.6. The summed E-state index contributed by atoms with van der Waals surface area (Å²) in [5.41, 5.74) is 3.99. The van der Waals surface area contributed by atoms with Crippen LogP contribution in [0.4, 0.5) is 8.78 Å². The second kappa shape index (κ2) is 15.4. The Balaban J connectivity index is 0.000000229. The highest BCUT2D eigenvalue weighted by molar-refractivity contribution is 7.99. The van der Waals surface area contributed by atoms with Gasteiger partial charge < -0.3 is 4.98 Å². The maximum absolute atomic E-state index is 13.6. The van der Waals surface area contributed by atoms with E-state index in [9.17, 15) is 28.0 Å². The second-order valence-electron chi connectivity index (χ2n) is 11.2. The smallest absolute Gasteiger partial charge is 0.301 e.